The number of nitrogens with one attached hydrogen (secondary N) is 4. The molecule has 102 valence electrons. The fraction of sp³-hybridized carbons (Fsp3) is 0.333. The van der Waals surface area contributed by atoms with E-state index in [1.54, 1.807) is 0 Å². The summed E-state index contributed by atoms with van der Waals surface area (Å²) in [6.07, 6.45) is -0.268. The number of benzene rings is 1. The fourth-order valence-electron chi connectivity index (χ4n) is 1.63. The van der Waals surface area contributed by atoms with Crippen LogP contribution in [-0.2, 0) is 0 Å². The van der Waals surface area contributed by atoms with Crippen LogP contribution >= 0.6 is 11.6 Å². The molecule has 0 aromatic heterocycles. The molecular weight excluding hydrogens is 266 g/mol. The van der Waals surface area contributed by atoms with Crippen LogP contribution in [0.15, 0.2) is 29.4 Å². The van der Waals surface area contributed by atoms with E-state index >= 15 is 0 Å². The molecule has 1 heterocycles. The van der Waals surface area contributed by atoms with Crippen LogP contribution in [0.1, 0.15) is 19.4 Å². The second-order valence-corrected chi connectivity index (χ2v) is 4.78. The number of carbonyl (C=O) groups is 1. The van der Waals surface area contributed by atoms with Crippen molar-refractivity contribution in [1.82, 2.24) is 21.6 Å². The topological polar surface area (TPSA) is 77.5 Å². The van der Waals surface area contributed by atoms with E-state index in [0.717, 1.165) is 11.3 Å². The molecule has 0 spiro atoms. The summed E-state index contributed by atoms with van der Waals surface area (Å²) in [6.45, 7) is 3.81. The lowest BCUT2D eigenvalue weighted by molar-refractivity contribution is 0.202. The molecule has 1 aromatic carbocycles. The van der Waals surface area contributed by atoms with Crippen LogP contribution in [0.25, 0.3) is 0 Å². The highest BCUT2D eigenvalue weighted by atomic mass is 35.5. The SMILES string of the molecule is C/C(=N\NC1NC(=O)NNC1C)c1ccc(Cl)cc1. The molecule has 4 N–H and O–H groups in total. The summed E-state index contributed by atoms with van der Waals surface area (Å²) in [5.41, 5.74) is 10.0. The highest BCUT2D eigenvalue weighted by molar-refractivity contribution is 6.30. The van der Waals surface area contributed by atoms with Crippen molar-refractivity contribution in [2.75, 3.05) is 0 Å². The van der Waals surface area contributed by atoms with Gasteiger partial charge in [0.1, 0.15) is 6.17 Å². The van der Waals surface area contributed by atoms with Gasteiger partial charge in [-0.25, -0.2) is 10.2 Å². The van der Waals surface area contributed by atoms with E-state index < -0.39 is 0 Å². The number of hydrogen-bond donors (Lipinski definition) is 4. The Morgan fingerprint density at radius 1 is 1.37 bits per heavy atom. The second-order valence-electron chi connectivity index (χ2n) is 4.34. The average Bonchev–Trinajstić information content (AvgIpc) is 2.40. The van der Waals surface area contributed by atoms with Crippen molar-refractivity contribution in [3.63, 3.8) is 0 Å². The molecule has 2 amide bonds. The molecule has 0 aliphatic carbocycles. The highest BCUT2D eigenvalue weighted by Crippen LogP contribution is 2.10. The molecule has 6 nitrogen and oxygen atoms in total. The number of hydrogen-bond acceptors (Lipinski definition) is 4. The first-order chi connectivity index (χ1) is 9.06. The van der Waals surface area contributed by atoms with Crippen molar-refractivity contribution >= 4 is 23.3 Å². The minimum atomic E-state index is -0.282. The number of halogens is 1. The monoisotopic (exact) mass is 281 g/mol. The first-order valence-corrected chi connectivity index (χ1v) is 6.32. The number of nitrogens with zero attached hydrogens (tertiary/aromatic N) is 1. The van der Waals surface area contributed by atoms with Gasteiger partial charge in [0.25, 0.3) is 0 Å². The number of carbonyl (C=O) groups excluding carboxylic acids is 1. The van der Waals surface area contributed by atoms with E-state index in [1.165, 1.54) is 0 Å². The summed E-state index contributed by atoms with van der Waals surface area (Å²) >= 11 is 5.83. The Morgan fingerprint density at radius 3 is 2.74 bits per heavy atom. The van der Waals surface area contributed by atoms with Crippen LogP contribution in [0.2, 0.25) is 5.02 Å². The van der Waals surface area contributed by atoms with Gasteiger partial charge in [0, 0.05) is 5.02 Å². The zero-order valence-electron chi connectivity index (χ0n) is 10.7. The molecule has 1 aromatic rings. The molecule has 7 heteroatoms. The van der Waals surface area contributed by atoms with E-state index in [2.05, 4.69) is 26.7 Å². The quantitative estimate of drug-likeness (QED) is 0.496. The molecule has 1 aliphatic rings. The number of rotatable bonds is 3. The van der Waals surface area contributed by atoms with Gasteiger partial charge in [-0.1, -0.05) is 23.7 Å². The Hall–Kier alpha value is -1.79. The molecule has 2 unspecified atom stereocenters. The minimum Gasteiger partial charge on any atom is -0.314 e. The van der Waals surface area contributed by atoms with Crippen LogP contribution in [0.3, 0.4) is 0 Å². The van der Waals surface area contributed by atoms with Crippen molar-refractivity contribution in [3.05, 3.63) is 34.9 Å². The summed E-state index contributed by atoms with van der Waals surface area (Å²) in [6, 6.07) is 7.14. The summed E-state index contributed by atoms with van der Waals surface area (Å²) in [5, 5.41) is 7.69. The van der Waals surface area contributed by atoms with Gasteiger partial charge in [0.15, 0.2) is 0 Å². The maximum Gasteiger partial charge on any atom is 0.330 e. The molecule has 1 aliphatic heterocycles. The van der Waals surface area contributed by atoms with Gasteiger partial charge in [-0.2, -0.15) is 5.10 Å². The predicted octanol–water partition coefficient (Wildman–Crippen LogP) is 1.19. The van der Waals surface area contributed by atoms with Crippen molar-refractivity contribution < 1.29 is 4.79 Å². The number of hydrazone groups is 1. The van der Waals surface area contributed by atoms with Crippen molar-refractivity contribution in [3.8, 4) is 0 Å². The molecule has 2 atom stereocenters. The Kier molecular flexibility index (Phi) is 4.24. The van der Waals surface area contributed by atoms with E-state index in [4.69, 9.17) is 11.6 Å². The summed E-state index contributed by atoms with van der Waals surface area (Å²) in [5.74, 6) is 0. The Morgan fingerprint density at radius 2 is 2.05 bits per heavy atom. The van der Waals surface area contributed by atoms with Crippen LogP contribution in [0.4, 0.5) is 4.79 Å². The maximum atomic E-state index is 11.2. The van der Waals surface area contributed by atoms with Crippen LogP contribution < -0.4 is 21.6 Å². The number of hydrazine groups is 1. The third kappa shape index (κ3) is 3.59. The molecule has 2 rings (SSSR count). The second kappa shape index (κ2) is 5.90. The molecule has 0 radical (unpaired) electrons. The zero-order valence-corrected chi connectivity index (χ0v) is 11.5. The summed E-state index contributed by atoms with van der Waals surface area (Å²) in [7, 11) is 0. The third-order valence-electron chi connectivity index (χ3n) is 2.83. The smallest absolute Gasteiger partial charge is 0.314 e. The Bertz CT molecular complexity index is 487. The highest BCUT2D eigenvalue weighted by Gasteiger charge is 2.23. The molecular formula is C12H16ClN5O. The minimum absolute atomic E-state index is 0.0134. The van der Waals surface area contributed by atoms with Crippen molar-refractivity contribution in [2.45, 2.75) is 26.1 Å². The van der Waals surface area contributed by atoms with Gasteiger partial charge in [-0.3, -0.25) is 10.9 Å². The molecule has 1 fully saturated rings. The number of amides is 2. The lowest BCUT2D eigenvalue weighted by Crippen LogP contribution is -2.67. The molecule has 19 heavy (non-hydrogen) atoms. The van der Waals surface area contributed by atoms with E-state index in [-0.39, 0.29) is 18.2 Å². The van der Waals surface area contributed by atoms with Gasteiger partial charge >= 0.3 is 6.03 Å². The average molecular weight is 282 g/mol. The number of urea groups is 1. The first-order valence-electron chi connectivity index (χ1n) is 5.94. The van der Waals surface area contributed by atoms with Gasteiger partial charge in [0.05, 0.1) is 11.8 Å². The largest absolute Gasteiger partial charge is 0.330 e. The first kappa shape index (κ1) is 13.6. The van der Waals surface area contributed by atoms with Crippen LogP contribution in [0.5, 0.6) is 0 Å². The Balaban J connectivity index is 2.01. The van der Waals surface area contributed by atoms with Gasteiger partial charge in [0.2, 0.25) is 0 Å². The van der Waals surface area contributed by atoms with E-state index in [0.29, 0.717) is 5.02 Å². The third-order valence-corrected chi connectivity index (χ3v) is 3.09. The molecule has 0 saturated carbocycles. The van der Waals surface area contributed by atoms with Crippen molar-refractivity contribution in [1.29, 1.82) is 0 Å². The van der Waals surface area contributed by atoms with Gasteiger partial charge in [-0.15, -0.1) is 0 Å². The fourth-order valence-corrected chi connectivity index (χ4v) is 1.76. The van der Waals surface area contributed by atoms with Crippen molar-refractivity contribution in [2.24, 2.45) is 5.10 Å². The van der Waals surface area contributed by atoms with Gasteiger partial charge in [-0.05, 0) is 31.5 Å². The zero-order chi connectivity index (χ0) is 13.8. The standard InChI is InChI=1S/C12H16ClN5O/c1-7(9-3-5-10(13)6-4-9)15-17-11-8(2)16-18-12(19)14-11/h3-6,8,11,16-17H,1-2H3,(H2,14,18,19)/b15-7+. The Labute approximate surface area is 116 Å². The van der Waals surface area contributed by atoms with E-state index in [9.17, 15) is 4.79 Å². The van der Waals surface area contributed by atoms with E-state index in [1.807, 2.05) is 38.1 Å². The van der Waals surface area contributed by atoms with Crippen LogP contribution in [-0.4, -0.2) is 24.0 Å². The lowest BCUT2D eigenvalue weighted by atomic mass is 10.1. The normalized spacial score (nSPS) is 23.5. The summed E-state index contributed by atoms with van der Waals surface area (Å²) < 4.78 is 0. The lowest BCUT2D eigenvalue weighted by Gasteiger charge is -2.30. The summed E-state index contributed by atoms with van der Waals surface area (Å²) in [4.78, 5) is 11.2. The molecule has 0 bridgehead atoms. The van der Waals surface area contributed by atoms with Crippen LogP contribution in [0, 0.1) is 0 Å². The van der Waals surface area contributed by atoms with Gasteiger partial charge < -0.3 is 5.32 Å². The molecule has 1 saturated heterocycles. The predicted molar refractivity (Wildman–Crippen MR) is 74.9 cm³/mol. The maximum absolute atomic E-state index is 11.2.